The van der Waals surface area contributed by atoms with Crippen molar-refractivity contribution in [2.45, 2.75) is 31.7 Å². The first-order valence-corrected chi connectivity index (χ1v) is 10.7. The molecule has 0 spiro atoms. The summed E-state index contributed by atoms with van der Waals surface area (Å²) < 4.78 is 0. The van der Waals surface area contributed by atoms with Gasteiger partial charge < -0.3 is 10.3 Å². The molecule has 1 aliphatic heterocycles. The summed E-state index contributed by atoms with van der Waals surface area (Å²) >= 11 is 0. The maximum Gasteiger partial charge on any atom is 0.269 e. The van der Waals surface area contributed by atoms with E-state index in [4.69, 9.17) is 0 Å². The van der Waals surface area contributed by atoms with Crippen LogP contribution in [0.4, 0.5) is 0 Å². The van der Waals surface area contributed by atoms with Gasteiger partial charge in [0.25, 0.3) is 11.5 Å². The summed E-state index contributed by atoms with van der Waals surface area (Å²) in [5.41, 5.74) is 6.40. The highest BCUT2D eigenvalue weighted by Crippen LogP contribution is 2.38. The molecule has 0 bridgehead atoms. The van der Waals surface area contributed by atoms with Crippen LogP contribution < -0.4 is 10.9 Å². The lowest BCUT2D eigenvalue weighted by atomic mass is 10.0. The third kappa shape index (κ3) is 4.14. The van der Waals surface area contributed by atoms with Gasteiger partial charge in [0.2, 0.25) is 0 Å². The Labute approximate surface area is 180 Å². The van der Waals surface area contributed by atoms with Gasteiger partial charge in [-0.25, -0.2) is 0 Å². The van der Waals surface area contributed by atoms with E-state index in [0.29, 0.717) is 11.6 Å². The topological polar surface area (TPSA) is 91.0 Å². The predicted molar refractivity (Wildman–Crippen MR) is 120 cm³/mol. The van der Waals surface area contributed by atoms with Crippen molar-refractivity contribution in [3.8, 4) is 0 Å². The molecule has 158 valence electrons. The van der Waals surface area contributed by atoms with Crippen LogP contribution in [-0.2, 0) is 6.54 Å². The number of aromatic amines is 1. The molecule has 7 nitrogen and oxygen atoms in total. The molecule has 1 fully saturated rings. The van der Waals surface area contributed by atoms with Crippen LogP contribution in [0, 0.1) is 0 Å². The molecule has 3 aromatic rings. The van der Waals surface area contributed by atoms with Gasteiger partial charge in [-0.05, 0) is 60.1 Å². The number of aromatic nitrogens is 3. The molecule has 0 saturated heterocycles. The minimum absolute atomic E-state index is 0.0237. The summed E-state index contributed by atoms with van der Waals surface area (Å²) in [6.07, 6.45) is 9.03. The molecule has 1 aliphatic carbocycles. The highest BCUT2D eigenvalue weighted by molar-refractivity contribution is 5.92. The zero-order chi connectivity index (χ0) is 21.4. The third-order valence-electron chi connectivity index (χ3n) is 6.09. The van der Waals surface area contributed by atoms with Crippen molar-refractivity contribution < 1.29 is 4.79 Å². The fourth-order valence-corrected chi connectivity index (χ4v) is 4.15. The van der Waals surface area contributed by atoms with Gasteiger partial charge in [0.1, 0.15) is 5.69 Å². The second-order valence-electron chi connectivity index (χ2n) is 8.33. The van der Waals surface area contributed by atoms with Crippen molar-refractivity contribution in [2.75, 3.05) is 20.1 Å². The number of nitrogens with zero attached hydrogens (tertiary/aromatic N) is 3. The summed E-state index contributed by atoms with van der Waals surface area (Å²) in [6.45, 7) is 2.55. The molecule has 1 amide bonds. The fourth-order valence-electron chi connectivity index (χ4n) is 4.15. The van der Waals surface area contributed by atoms with Crippen LogP contribution in [-0.4, -0.2) is 45.9 Å². The minimum atomic E-state index is -0.176. The molecule has 31 heavy (non-hydrogen) atoms. The second-order valence-corrected chi connectivity index (χ2v) is 8.33. The lowest BCUT2D eigenvalue weighted by molar-refractivity contribution is 0.0958. The average molecular weight is 415 g/mol. The van der Waals surface area contributed by atoms with Gasteiger partial charge in [-0.1, -0.05) is 12.1 Å². The quantitative estimate of drug-likeness (QED) is 0.669. The number of rotatable bonds is 5. The molecule has 4 heterocycles. The molecule has 5 rings (SSSR count). The fraction of sp³-hybridized carbons (Fsp3) is 0.333. The Kier molecular flexibility index (Phi) is 5.11. The van der Waals surface area contributed by atoms with Crippen molar-refractivity contribution in [2.24, 2.45) is 0 Å². The standard InChI is InChI=1S/C24H25N5O2/c1-25-24(31)20-5-4-18(13-27-20)16-6-8-29(9-7-16)14-15-10-22-21(26-12-15)11-19(17-2-3-17)23(30)28-22/h4-6,10-13,17H,2-3,7-9,14H2,1H3,(H,25,31)(H,28,30). The molecule has 1 saturated carbocycles. The first-order valence-electron chi connectivity index (χ1n) is 10.7. The second kappa shape index (κ2) is 8.07. The predicted octanol–water partition coefficient (Wildman–Crippen LogP) is 2.84. The highest BCUT2D eigenvalue weighted by atomic mass is 16.1. The van der Waals surface area contributed by atoms with Crippen LogP contribution in [0.15, 0.2) is 47.5 Å². The molecule has 0 unspecified atom stereocenters. The number of carbonyl (C=O) groups is 1. The molecule has 3 aromatic heterocycles. The zero-order valence-corrected chi connectivity index (χ0v) is 17.5. The Bertz CT molecular complexity index is 1220. The van der Waals surface area contributed by atoms with E-state index in [2.05, 4.69) is 31.2 Å². The van der Waals surface area contributed by atoms with E-state index in [1.165, 1.54) is 5.57 Å². The SMILES string of the molecule is CNC(=O)c1ccc(C2=CCN(Cc3cnc4cc(C5CC5)c(=O)[nH]c4c3)CC2)cn1. The number of fused-ring (bicyclic) bond motifs is 1. The van der Waals surface area contributed by atoms with Crippen LogP contribution in [0.5, 0.6) is 0 Å². The van der Waals surface area contributed by atoms with Gasteiger partial charge in [0.05, 0.1) is 11.0 Å². The zero-order valence-electron chi connectivity index (χ0n) is 17.5. The number of hydrogen-bond donors (Lipinski definition) is 2. The first-order chi connectivity index (χ1) is 15.1. The summed E-state index contributed by atoms with van der Waals surface area (Å²) in [6, 6.07) is 7.71. The van der Waals surface area contributed by atoms with Gasteiger partial charge in [-0.15, -0.1) is 0 Å². The number of nitrogens with one attached hydrogen (secondary N) is 2. The van der Waals surface area contributed by atoms with Crippen LogP contribution in [0.25, 0.3) is 16.6 Å². The molecule has 0 radical (unpaired) electrons. The van der Waals surface area contributed by atoms with E-state index in [1.807, 2.05) is 24.4 Å². The minimum Gasteiger partial charge on any atom is -0.354 e. The Hall–Kier alpha value is -3.32. The van der Waals surface area contributed by atoms with E-state index >= 15 is 0 Å². The average Bonchev–Trinajstić information content (AvgIpc) is 3.64. The van der Waals surface area contributed by atoms with Crippen molar-refractivity contribution in [1.82, 2.24) is 25.2 Å². The molecular weight excluding hydrogens is 390 g/mol. The summed E-state index contributed by atoms with van der Waals surface area (Å²) in [5.74, 6) is 0.239. The van der Waals surface area contributed by atoms with Crippen molar-refractivity contribution >= 4 is 22.5 Å². The number of hydrogen-bond acceptors (Lipinski definition) is 5. The highest BCUT2D eigenvalue weighted by Gasteiger charge is 2.26. The van der Waals surface area contributed by atoms with Crippen LogP contribution in [0.1, 0.15) is 52.4 Å². The molecule has 2 aliphatic rings. The van der Waals surface area contributed by atoms with Crippen molar-refractivity contribution in [3.05, 3.63) is 75.5 Å². The van der Waals surface area contributed by atoms with E-state index in [1.54, 1.807) is 19.3 Å². The monoisotopic (exact) mass is 415 g/mol. The van der Waals surface area contributed by atoms with E-state index < -0.39 is 0 Å². The number of carbonyl (C=O) groups excluding carboxylic acids is 1. The normalized spacial score (nSPS) is 16.9. The number of H-pyrrole nitrogens is 1. The number of amides is 1. The van der Waals surface area contributed by atoms with E-state index in [-0.39, 0.29) is 11.5 Å². The van der Waals surface area contributed by atoms with Crippen molar-refractivity contribution in [1.29, 1.82) is 0 Å². The van der Waals surface area contributed by atoms with Gasteiger partial charge in [0.15, 0.2) is 0 Å². The van der Waals surface area contributed by atoms with Crippen LogP contribution in [0.3, 0.4) is 0 Å². The Morgan fingerprint density at radius 1 is 1.23 bits per heavy atom. The molecule has 0 atom stereocenters. The van der Waals surface area contributed by atoms with Gasteiger partial charge in [-0.3, -0.25) is 24.5 Å². The largest absolute Gasteiger partial charge is 0.354 e. The van der Waals surface area contributed by atoms with E-state index in [0.717, 1.165) is 66.6 Å². The Morgan fingerprint density at radius 2 is 2.10 bits per heavy atom. The number of pyridine rings is 3. The van der Waals surface area contributed by atoms with Gasteiger partial charge >= 0.3 is 0 Å². The Morgan fingerprint density at radius 3 is 2.77 bits per heavy atom. The molecule has 2 N–H and O–H groups in total. The van der Waals surface area contributed by atoms with Crippen LogP contribution in [0.2, 0.25) is 0 Å². The van der Waals surface area contributed by atoms with Gasteiger partial charge in [-0.2, -0.15) is 0 Å². The molecule has 7 heteroatoms. The molecular formula is C24H25N5O2. The summed E-state index contributed by atoms with van der Waals surface area (Å²) in [7, 11) is 1.60. The molecule has 0 aromatic carbocycles. The summed E-state index contributed by atoms with van der Waals surface area (Å²) in [5, 5.41) is 2.59. The van der Waals surface area contributed by atoms with Gasteiger partial charge in [0, 0.05) is 44.6 Å². The smallest absolute Gasteiger partial charge is 0.269 e. The Balaban J connectivity index is 1.27. The van der Waals surface area contributed by atoms with Crippen molar-refractivity contribution in [3.63, 3.8) is 0 Å². The lowest BCUT2D eigenvalue weighted by Gasteiger charge is -2.26. The lowest BCUT2D eigenvalue weighted by Crippen LogP contribution is -2.28. The first kappa shape index (κ1) is 19.6. The maximum atomic E-state index is 12.3. The third-order valence-corrected chi connectivity index (χ3v) is 6.09. The maximum absolute atomic E-state index is 12.3. The summed E-state index contributed by atoms with van der Waals surface area (Å²) in [4.78, 5) is 38.2. The van der Waals surface area contributed by atoms with E-state index in [9.17, 15) is 9.59 Å². The van der Waals surface area contributed by atoms with Crippen LogP contribution >= 0.6 is 0 Å².